The van der Waals surface area contributed by atoms with Gasteiger partial charge in [0.15, 0.2) is 0 Å². The number of hydrogen-bond donors (Lipinski definition) is 3. The molecule has 0 spiro atoms. The van der Waals surface area contributed by atoms with Crippen molar-refractivity contribution in [2.24, 2.45) is 0 Å². The first-order valence-corrected chi connectivity index (χ1v) is 13.2. The van der Waals surface area contributed by atoms with Crippen LogP contribution < -0.4 is 9.44 Å². The molecule has 0 aliphatic carbocycles. The fourth-order valence-corrected chi connectivity index (χ4v) is 6.15. The van der Waals surface area contributed by atoms with Crippen LogP contribution in [0.3, 0.4) is 0 Å². The molecule has 0 aromatic heterocycles. The third-order valence-electron chi connectivity index (χ3n) is 5.29. The highest BCUT2D eigenvalue weighted by Crippen LogP contribution is 2.24. The molecule has 3 atom stereocenters. The minimum atomic E-state index is -4.00. The van der Waals surface area contributed by atoms with E-state index in [2.05, 4.69) is 9.44 Å². The lowest BCUT2D eigenvalue weighted by molar-refractivity contribution is -0.0869. The molecule has 32 heavy (non-hydrogen) atoms. The van der Waals surface area contributed by atoms with E-state index < -0.39 is 49.5 Å². The molecule has 0 radical (unpaired) electrons. The van der Waals surface area contributed by atoms with Crippen LogP contribution in [0.5, 0.6) is 0 Å². The summed E-state index contributed by atoms with van der Waals surface area (Å²) in [6.45, 7) is 1.42. The highest BCUT2D eigenvalue weighted by molar-refractivity contribution is 7.89. The summed E-state index contributed by atoms with van der Waals surface area (Å²) in [5.74, 6) is -0.835. The van der Waals surface area contributed by atoms with E-state index in [-0.39, 0.29) is 17.5 Å². The average molecular weight is 487 g/mol. The van der Waals surface area contributed by atoms with E-state index in [1.54, 1.807) is 25.1 Å². The number of rotatable bonds is 9. The van der Waals surface area contributed by atoms with Gasteiger partial charge in [0.1, 0.15) is 10.7 Å². The molecule has 3 rings (SSSR count). The first kappa shape index (κ1) is 24.7. The van der Waals surface area contributed by atoms with Crippen molar-refractivity contribution in [3.63, 3.8) is 0 Å². The maximum Gasteiger partial charge on any atom is 0.243 e. The number of nitrogens with one attached hydrogen (secondary N) is 2. The van der Waals surface area contributed by atoms with Gasteiger partial charge in [-0.1, -0.05) is 24.3 Å². The van der Waals surface area contributed by atoms with E-state index in [1.165, 1.54) is 24.3 Å². The van der Waals surface area contributed by atoms with Crippen molar-refractivity contribution in [2.45, 2.75) is 54.2 Å². The molecule has 11 heteroatoms. The molecule has 8 nitrogen and oxygen atoms in total. The first-order chi connectivity index (χ1) is 15.1. The molecule has 0 unspecified atom stereocenters. The van der Waals surface area contributed by atoms with Crippen molar-refractivity contribution < 1.29 is 31.1 Å². The predicted octanol–water partition coefficient (Wildman–Crippen LogP) is 1.69. The fraction of sp³-hybridized carbons (Fsp3) is 0.429. The Hall–Kier alpha value is -1.89. The van der Waals surface area contributed by atoms with Crippen LogP contribution in [0.15, 0.2) is 58.3 Å². The van der Waals surface area contributed by atoms with Gasteiger partial charge in [-0.25, -0.2) is 30.7 Å². The van der Waals surface area contributed by atoms with Crippen molar-refractivity contribution in [2.75, 3.05) is 13.2 Å². The van der Waals surface area contributed by atoms with Crippen molar-refractivity contribution in [3.05, 3.63) is 59.9 Å². The van der Waals surface area contributed by atoms with Gasteiger partial charge in [0.05, 0.1) is 29.8 Å². The SMILES string of the molecule is Cc1cccc(S(=O)(=O)N[C@@H]2CC[C@@H](CCNS(=O)(=O)c3ccccc3F)O[C@H]2CO)c1. The fourth-order valence-electron chi connectivity index (χ4n) is 3.62. The molecule has 1 heterocycles. The molecule has 2 aromatic rings. The normalized spacial score (nSPS) is 22.0. The summed E-state index contributed by atoms with van der Waals surface area (Å²) in [5.41, 5.74) is 0.810. The zero-order chi connectivity index (χ0) is 23.4. The van der Waals surface area contributed by atoms with Crippen LogP contribution in [0.2, 0.25) is 0 Å². The number of ether oxygens (including phenoxy) is 1. The Labute approximate surface area is 187 Å². The lowest BCUT2D eigenvalue weighted by Gasteiger charge is -2.36. The topological polar surface area (TPSA) is 122 Å². The van der Waals surface area contributed by atoms with Gasteiger partial charge in [0, 0.05) is 6.54 Å². The summed E-state index contributed by atoms with van der Waals surface area (Å²) in [5, 5.41) is 9.71. The lowest BCUT2D eigenvalue weighted by Crippen LogP contribution is -2.51. The van der Waals surface area contributed by atoms with Crippen LogP contribution in [0, 0.1) is 12.7 Å². The average Bonchev–Trinajstić information content (AvgIpc) is 2.74. The Bertz CT molecular complexity index is 1140. The second kappa shape index (κ2) is 10.4. The number of aliphatic hydroxyl groups is 1. The van der Waals surface area contributed by atoms with E-state index in [9.17, 15) is 26.3 Å². The number of aliphatic hydroxyl groups excluding tert-OH is 1. The van der Waals surface area contributed by atoms with Gasteiger partial charge < -0.3 is 9.84 Å². The van der Waals surface area contributed by atoms with Crippen molar-refractivity contribution in [3.8, 4) is 0 Å². The molecule has 2 aromatic carbocycles. The van der Waals surface area contributed by atoms with Crippen LogP contribution in [0.25, 0.3) is 0 Å². The molecule has 1 fully saturated rings. The third kappa shape index (κ3) is 6.12. The Morgan fingerprint density at radius 3 is 2.50 bits per heavy atom. The molecule has 1 saturated heterocycles. The molecule has 3 N–H and O–H groups in total. The van der Waals surface area contributed by atoms with Crippen molar-refractivity contribution in [1.29, 1.82) is 0 Å². The Morgan fingerprint density at radius 2 is 1.81 bits per heavy atom. The van der Waals surface area contributed by atoms with E-state index >= 15 is 0 Å². The second-order valence-corrected chi connectivity index (χ2v) is 11.2. The third-order valence-corrected chi connectivity index (χ3v) is 8.27. The largest absolute Gasteiger partial charge is 0.394 e. The first-order valence-electron chi connectivity index (χ1n) is 10.2. The minimum Gasteiger partial charge on any atom is -0.394 e. The van der Waals surface area contributed by atoms with Crippen molar-refractivity contribution in [1.82, 2.24) is 9.44 Å². The zero-order valence-electron chi connectivity index (χ0n) is 17.6. The zero-order valence-corrected chi connectivity index (χ0v) is 19.2. The maximum absolute atomic E-state index is 13.8. The van der Waals surface area contributed by atoms with Crippen LogP contribution in [-0.4, -0.2) is 53.3 Å². The molecule has 0 saturated carbocycles. The molecule has 1 aliphatic heterocycles. The number of hydrogen-bond acceptors (Lipinski definition) is 6. The van der Waals surface area contributed by atoms with Crippen LogP contribution >= 0.6 is 0 Å². The molecular weight excluding hydrogens is 459 g/mol. The quantitative estimate of drug-likeness (QED) is 0.496. The lowest BCUT2D eigenvalue weighted by atomic mass is 9.98. The summed E-state index contributed by atoms with van der Waals surface area (Å²) < 4.78 is 74.4. The Balaban J connectivity index is 1.56. The van der Waals surface area contributed by atoms with E-state index in [1.807, 2.05) is 0 Å². The van der Waals surface area contributed by atoms with E-state index in [0.717, 1.165) is 11.6 Å². The van der Waals surface area contributed by atoms with Gasteiger partial charge in [-0.05, 0) is 56.0 Å². The summed E-state index contributed by atoms with van der Waals surface area (Å²) in [7, 11) is -7.78. The number of sulfonamides is 2. The van der Waals surface area contributed by atoms with Gasteiger partial charge in [-0.2, -0.15) is 0 Å². The highest BCUT2D eigenvalue weighted by atomic mass is 32.2. The van der Waals surface area contributed by atoms with Gasteiger partial charge in [0.25, 0.3) is 0 Å². The van der Waals surface area contributed by atoms with Crippen molar-refractivity contribution >= 4 is 20.0 Å². The molecule has 0 bridgehead atoms. The number of benzene rings is 2. The van der Waals surface area contributed by atoms with Crippen LogP contribution in [0.4, 0.5) is 4.39 Å². The second-order valence-electron chi connectivity index (χ2n) is 7.72. The smallest absolute Gasteiger partial charge is 0.243 e. The van der Waals surface area contributed by atoms with E-state index in [4.69, 9.17) is 4.74 Å². The minimum absolute atomic E-state index is 0.0131. The maximum atomic E-state index is 13.8. The van der Waals surface area contributed by atoms with Gasteiger partial charge in [-0.15, -0.1) is 0 Å². The molecular formula is C21H27FN2O6S2. The van der Waals surface area contributed by atoms with Gasteiger partial charge in [-0.3, -0.25) is 0 Å². The number of halogens is 1. The highest BCUT2D eigenvalue weighted by Gasteiger charge is 2.34. The standard InChI is InChI=1S/C21H27FN2O6S2/c1-15-5-4-6-17(13-15)31(26,27)24-19-10-9-16(30-20(19)14-25)11-12-23-32(28,29)21-8-3-2-7-18(21)22/h2-8,13,16,19-20,23-25H,9-12,14H2,1H3/t16-,19+,20-/m0/s1. The molecule has 1 aliphatic rings. The summed E-state index contributed by atoms with van der Waals surface area (Å²) >= 11 is 0. The molecule has 0 amide bonds. The summed E-state index contributed by atoms with van der Waals surface area (Å²) in [6, 6.07) is 11.0. The molecule has 176 valence electrons. The van der Waals surface area contributed by atoms with Crippen LogP contribution in [0.1, 0.15) is 24.8 Å². The van der Waals surface area contributed by atoms with Gasteiger partial charge in [0.2, 0.25) is 20.0 Å². The Kier molecular flexibility index (Phi) is 8.01. The van der Waals surface area contributed by atoms with Crippen LogP contribution in [-0.2, 0) is 24.8 Å². The predicted molar refractivity (Wildman–Crippen MR) is 116 cm³/mol. The van der Waals surface area contributed by atoms with Gasteiger partial charge >= 0.3 is 0 Å². The van der Waals surface area contributed by atoms with E-state index in [0.29, 0.717) is 19.3 Å². The summed E-state index contributed by atoms with van der Waals surface area (Å²) in [6.07, 6.45) is 0.0354. The summed E-state index contributed by atoms with van der Waals surface area (Å²) in [4.78, 5) is -0.290. The number of aryl methyl sites for hydroxylation is 1. The Morgan fingerprint density at radius 1 is 1.06 bits per heavy atom. The monoisotopic (exact) mass is 486 g/mol.